The first kappa shape index (κ1) is 18.2. The van der Waals surface area contributed by atoms with Crippen LogP contribution in [-0.4, -0.2) is 27.7 Å². The van der Waals surface area contributed by atoms with Crippen LogP contribution in [0.15, 0.2) is 45.9 Å². The molecule has 0 heterocycles. The zero-order chi connectivity index (χ0) is 17.4. The van der Waals surface area contributed by atoms with Gasteiger partial charge in [-0.2, -0.15) is 0 Å². The van der Waals surface area contributed by atoms with Crippen molar-refractivity contribution in [3.63, 3.8) is 0 Å². The van der Waals surface area contributed by atoms with Gasteiger partial charge < -0.3 is 0 Å². The lowest BCUT2D eigenvalue weighted by Crippen LogP contribution is -2.53. The summed E-state index contributed by atoms with van der Waals surface area (Å²) in [5, 5.41) is -0.961. The minimum absolute atomic E-state index is 0.0230. The second-order valence-corrected chi connectivity index (χ2v) is 7.16. The molecule has 0 fully saturated rings. The average molecular weight is 373 g/mol. The summed E-state index contributed by atoms with van der Waals surface area (Å²) < 4.78 is 0. The van der Waals surface area contributed by atoms with Gasteiger partial charge in [-0.05, 0) is 30.5 Å². The van der Waals surface area contributed by atoms with Crippen molar-refractivity contribution >= 4 is 52.2 Å². The van der Waals surface area contributed by atoms with Gasteiger partial charge in [0.1, 0.15) is 10.3 Å². The van der Waals surface area contributed by atoms with E-state index in [1.807, 2.05) is 0 Å². The summed E-state index contributed by atoms with van der Waals surface area (Å²) in [4.78, 5) is 27.5. The van der Waals surface area contributed by atoms with Gasteiger partial charge in [0.2, 0.25) is 0 Å². The van der Waals surface area contributed by atoms with Crippen molar-refractivity contribution in [2.75, 3.05) is 0 Å². The first-order valence-corrected chi connectivity index (χ1v) is 8.33. The average Bonchev–Trinajstić information content (AvgIpc) is 2.55. The molecule has 0 aromatic heterocycles. The highest BCUT2D eigenvalue weighted by atomic mass is 35.5. The highest BCUT2D eigenvalue weighted by molar-refractivity contribution is 6.59. The Kier molecular flexibility index (Phi) is 5.34. The zero-order valence-electron chi connectivity index (χ0n) is 12.9. The molecule has 0 spiro atoms. The molecule has 2 atom stereocenters. The van der Waals surface area contributed by atoms with Gasteiger partial charge in [0.25, 0.3) is 5.91 Å². The number of nitrogens with zero attached hydrogens (tertiary/aromatic N) is 1. The molecule has 1 amide bonds. The van der Waals surface area contributed by atoms with Gasteiger partial charge in [0.05, 0.1) is 10.7 Å². The molecule has 0 radical (unpaired) electrons. The van der Waals surface area contributed by atoms with Crippen molar-refractivity contribution in [1.82, 2.24) is 0 Å². The number of amides is 1. The number of halogens is 3. The molecule has 0 saturated heterocycles. The Balaban J connectivity index is 2.55. The fourth-order valence-corrected chi connectivity index (χ4v) is 3.47. The normalized spacial score (nSPS) is 27.0. The Labute approximate surface area is 150 Å². The maximum Gasteiger partial charge on any atom is 0.277 e. The maximum absolute atomic E-state index is 12.5. The molecule has 23 heavy (non-hydrogen) atoms. The summed E-state index contributed by atoms with van der Waals surface area (Å²) in [5.74, 6) is -1.16. The van der Waals surface area contributed by atoms with Crippen molar-refractivity contribution < 1.29 is 9.59 Å². The Morgan fingerprint density at radius 1 is 1.26 bits per heavy atom. The molecule has 2 unspecified atom stereocenters. The van der Waals surface area contributed by atoms with Crippen LogP contribution < -0.4 is 0 Å². The first-order valence-electron chi connectivity index (χ1n) is 7.13. The molecule has 3 nitrogen and oxygen atoms in total. The SMILES string of the molecule is CC1=C(Cl)C(=O)C(Cl)(C(C)C)C(Cl)C1=NC(=O)c1ccccc1. The van der Waals surface area contributed by atoms with E-state index in [0.29, 0.717) is 11.1 Å². The third kappa shape index (κ3) is 3.10. The lowest BCUT2D eigenvalue weighted by molar-refractivity contribution is -0.118. The van der Waals surface area contributed by atoms with Crippen LogP contribution in [0.3, 0.4) is 0 Å². The van der Waals surface area contributed by atoms with E-state index in [9.17, 15) is 9.59 Å². The van der Waals surface area contributed by atoms with Crippen LogP contribution in [0.25, 0.3) is 0 Å². The molecule has 1 aromatic carbocycles. The van der Waals surface area contributed by atoms with E-state index < -0.39 is 21.9 Å². The van der Waals surface area contributed by atoms with Crippen molar-refractivity contribution in [1.29, 1.82) is 0 Å². The Hall–Kier alpha value is -1.16. The van der Waals surface area contributed by atoms with Crippen LogP contribution in [0.5, 0.6) is 0 Å². The molecule has 1 aromatic rings. The van der Waals surface area contributed by atoms with Gasteiger partial charge in [-0.25, -0.2) is 4.99 Å². The second kappa shape index (κ2) is 6.76. The van der Waals surface area contributed by atoms with E-state index in [4.69, 9.17) is 34.8 Å². The number of rotatable bonds is 2. The second-order valence-electron chi connectivity index (χ2n) is 5.72. The molecule has 2 rings (SSSR count). The lowest BCUT2D eigenvalue weighted by atomic mass is 9.79. The number of hydrogen-bond donors (Lipinski definition) is 0. The zero-order valence-corrected chi connectivity index (χ0v) is 15.2. The summed E-state index contributed by atoms with van der Waals surface area (Å²) in [6, 6.07) is 8.59. The molecule has 1 aliphatic rings. The van der Waals surface area contributed by atoms with Crippen LogP contribution in [0.4, 0.5) is 0 Å². The number of benzene rings is 1. The van der Waals surface area contributed by atoms with Gasteiger partial charge in [0.15, 0.2) is 5.78 Å². The monoisotopic (exact) mass is 371 g/mol. The van der Waals surface area contributed by atoms with Gasteiger partial charge >= 0.3 is 0 Å². The largest absolute Gasteiger partial charge is 0.291 e. The molecule has 0 saturated carbocycles. The summed E-state index contributed by atoms with van der Waals surface area (Å²) in [7, 11) is 0. The topological polar surface area (TPSA) is 46.5 Å². The van der Waals surface area contributed by atoms with E-state index in [2.05, 4.69) is 4.99 Å². The maximum atomic E-state index is 12.5. The first-order chi connectivity index (χ1) is 10.7. The fourth-order valence-electron chi connectivity index (χ4n) is 2.41. The van der Waals surface area contributed by atoms with Gasteiger partial charge in [-0.1, -0.05) is 43.6 Å². The molecular formula is C17H16Cl3NO2. The molecular weight excluding hydrogens is 357 g/mol. The minimum atomic E-state index is -1.42. The minimum Gasteiger partial charge on any atom is -0.291 e. The van der Waals surface area contributed by atoms with Crippen molar-refractivity contribution in [2.24, 2.45) is 10.9 Å². The van der Waals surface area contributed by atoms with E-state index in [-0.39, 0.29) is 16.7 Å². The van der Waals surface area contributed by atoms with Gasteiger partial charge in [-0.15, -0.1) is 23.2 Å². The molecule has 1 aliphatic carbocycles. The quantitative estimate of drug-likeness (QED) is 0.712. The van der Waals surface area contributed by atoms with Crippen LogP contribution >= 0.6 is 34.8 Å². The molecule has 0 aliphatic heterocycles. The molecule has 122 valence electrons. The van der Waals surface area contributed by atoms with Crippen LogP contribution in [0.1, 0.15) is 31.1 Å². The molecule has 0 N–H and O–H groups in total. The highest BCUT2D eigenvalue weighted by Crippen LogP contribution is 2.43. The smallest absolute Gasteiger partial charge is 0.277 e. The summed E-state index contributed by atoms with van der Waals surface area (Å²) in [6.45, 7) is 5.17. The van der Waals surface area contributed by atoms with E-state index in [1.54, 1.807) is 51.1 Å². The van der Waals surface area contributed by atoms with Crippen LogP contribution in [0, 0.1) is 5.92 Å². The number of allylic oxidation sites excluding steroid dienone is 2. The van der Waals surface area contributed by atoms with E-state index >= 15 is 0 Å². The molecule has 6 heteroatoms. The Morgan fingerprint density at radius 2 is 1.83 bits per heavy atom. The van der Waals surface area contributed by atoms with Crippen molar-refractivity contribution in [2.45, 2.75) is 31.0 Å². The van der Waals surface area contributed by atoms with E-state index in [1.165, 1.54) is 0 Å². The standard InChI is InChI=1S/C17H16Cl3NO2/c1-9(2)17(20)14(19)13(10(3)12(18)15(17)22)21-16(23)11-7-5-4-6-8-11/h4-9,14H,1-3H3. The molecule has 0 bridgehead atoms. The third-order valence-electron chi connectivity index (χ3n) is 3.95. The number of hydrogen-bond acceptors (Lipinski definition) is 2. The summed E-state index contributed by atoms with van der Waals surface area (Å²) in [5.41, 5.74) is 1.06. The number of carbonyl (C=O) groups excluding carboxylic acids is 2. The predicted molar refractivity (Wildman–Crippen MR) is 94.8 cm³/mol. The number of aliphatic imine (C=N–C) groups is 1. The van der Waals surface area contributed by atoms with Crippen molar-refractivity contribution in [3.05, 3.63) is 46.5 Å². The van der Waals surface area contributed by atoms with Crippen LogP contribution in [-0.2, 0) is 4.79 Å². The fraction of sp³-hybridized carbons (Fsp3) is 0.353. The Bertz CT molecular complexity index is 710. The number of carbonyl (C=O) groups is 2. The third-order valence-corrected chi connectivity index (χ3v) is 5.90. The predicted octanol–water partition coefficient (Wildman–Crippen LogP) is 4.60. The van der Waals surface area contributed by atoms with Crippen molar-refractivity contribution in [3.8, 4) is 0 Å². The summed E-state index contributed by atoms with van der Waals surface area (Å²) >= 11 is 19.1. The number of alkyl halides is 2. The van der Waals surface area contributed by atoms with Gasteiger partial charge in [-0.3, -0.25) is 9.59 Å². The van der Waals surface area contributed by atoms with Crippen LogP contribution in [0.2, 0.25) is 0 Å². The number of ketones is 1. The van der Waals surface area contributed by atoms with Gasteiger partial charge in [0, 0.05) is 5.56 Å². The van der Waals surface area contributed by atoms with E-state index in [0.717, 1.165) is 0 Å². The lowest BCUT2D eigenvalue weighted by Gasteiger charge is -2.38. The number of Topliss-reactive ketones (excluding diaryl/α,β-unsaturated/α-hetero) is 1. The Morgan fingerprint density at radius 3 is 2.35 bits per heavy atom. The highest BCUT2D eigenvalue weighted by Gasteiger charge is 2.53. The summed E-state index contributed by atoms with van der Waals surface area (Å²) in [6.07, 6.45) is 0.